The van der Waals surface area contributed by atoms with E-state index in [1.807, 2.05) is 36.4 Å². The highest BCUT2D eigenvalue weighted by Crippen LogP contribution is 2.33. The van der Waals surface area contributed by atoms with Crippen molar-refractivity contribution in [2.24, 2.45) is 0 Å². The SMILES string of the molecule is O=C(Nc1ccccc1F)N(CCc1ccccc1)Cc1cc2cc3c(cc2[nH]c1=O)OCCO3. The maximum absolute atomic E-state index is 14.2. The third-order valence-electron chi connectivity index (χ3n) is 5.86. The highest BCUT2D eigenvalue weighted by molar-refractivity contribution is 5.89. The van der Waals surface area contributed by atoms with Crippen molar-refractivity contribution in [3.05, 3.63) is 100 Å². The Morgan fingerprint density at radius 2 is 1.69 bits per heavy atom. The highest BCUT2D eigenvalue weighted by Gasteiger charge is 2.19. The molecule has 2 N–H and O–H groups in total. The van der Waals surface area contributed by atoms with E-state index in [0.29, 0.717) is 48.8 Å². The molecule has 5 rings (SSSR count). The summed E-state index contributed by atoms with van der Waals surface area (Å²) >= 11 is 0. The molecule has 178 valence electrons. The zero-order valence-corrected chi connectivity index (χ0v) is 18.9. The number of ether oxygens (including phenoxy) is 2. The van der Waals surface area contributed by atoms with Gasteiger partial charge in [0.25, 0.3) is 5.56 Å². The molecule has 0 unspecified atom stereocenters. The van der Waals surface area contributed by atoms with Crippen LogP contribution in [0.15, 0.2) is 77.6 Å². The van der Waals surface area contributed by atoms with Gasteiger partial charge < -0.3 is 24.7 Å². The second-order valence-electron chi connectivity index (χ2n) is 8.27. The van der Waals surface area contributed by atoms with E-state index in [-0.39, 0.29) is 17.8 Å². The highest BCUT2D eigenvalue weighted by atomic mass is 19.1. The number of halogens is 1. The van der Waals surface area contributed by atoms with Crippen LogP contribution in [0.3, 0.4) is 0 Å². The fraction of sp³-hybridized carbons (Fsp3) is 0.185. The Labute approximate surface area is 201 Å². The van der Waals surface area contributed by atoms with E-state index in [1.54, 1.807) is 24.3 Å². The van der Waals surface area contributed by atoms with Gasteiger partial charge in [-0.2, -0.15) is 0 Å². The summed E-state index contributed by atoms with van der Waals surface area (Å²) in [6, 6.07) is 20.5. The molecule has 0 aliphatic carbocycles. The molecule has 1 aromatic heterocycles. The lowest BCUT2D eigenvalue weighted by molar-refractivity contribution is 0.172. The Hall–Kier alpha value is -4.33. The minimum atomic E-state index is -0.528. The molecule has 1 aliphatic heterocycles. The number of benzene rings is 3. The van der Waals surface area contributed by atoms with Crippen molar-refractivity contribution in [1.29, 1.82) is 0 Å². The van der Waals surface area contributed by atoms with Gasteiger partial charge in [0.05, 0.1) is 17.7 Å². The molecular formula is C27H24FN3O4. The van der Waals surface area contributed by atoms with Crippen molar-refractivity contribution in [1.82, 2.24) is 9.88 Å². The topological polar surface area (TPSA) is 83.7 Å². The molecule has 8 heteroatoms. The number of hydrogen-bond acceptors (Lipinski definition) is 4. The molecule has 0 radical (unpaired) electrons. The van der Waals surface area contributed by atoms with Gasteiger partial charge in [0, 0.05) is 23.6 Å². The smallest absolute Gasteiger partial charge is 0.322 e. The minimum Gasteiger partial charge on any atom is -0.486 e. The molecule has 0 bridgehead atoms. The molecule has 0 spiro atoms. The molecule has 3 aromatic carbocycles. The Bertz CT molecular complexity index is 1420. The van der Waals surface area contributed by atoms with Crippen LogP contribution in [0.25, 0.3) is 10.9 Å². The van der Waals surface area contributed by atoms with E-state index in [2.05, 4.69) is 10.3 Å². The van der Waals surface area contributed by atoms with E-state index in [1.165, 1.54) is 17.0 Å². The lowest BCUT2D eigenvalue weighted by Gasteiger charge is -2.24. The lowest BCUT2D eigenvalue weighted by Crippen LogP contribution is -2.37. The van der Waals surface area contributed by atoms with Crippen molar-refractivity contribution in [2.45, 2.75) is 13.0 Å². The number of pyridine rings is 1. The standard InChI is InChI=1S/C27H24FN3O4/c28-21-8-4-5-9-22(21)30-27(33)31(11-10-18-6-2-1-3-7-18)17-20-14-19-15-24-25(35-13-12-34-24)16-23(19)29-26(20)32/h1-9,14-16H,10-13,17H2,(H,29,32)(H,30,33). The third kappa shape index (κ3) is 5.11. The Morgan fingerprint density at radius 3 is 2.46 bits per heavy atom. The summed E-state index contributed by atoms with van der Waals surface area (Å²) in [7, 11) is 0. The average molecular weight is 474 g/mol. The van der Waals surface area contributed by atoms with Gasteiger partial charge in [-0.15, -0.1) is 0 Å². The number of nitrogens with one attached hydrogen (secondary N) is 2. The zero-order valence-electron chi connectivity index (χ0n) is 18.9. The Kier molecular flexibility index (Phi) is 6.34. The molecule has 4 aromatic rings. The zero-order chi connectivity index (χ0) is 24.2. The van der Waals surface area contributed by atoms with Crippen molar-refractivity contribution < 1.29 is 18.7 Å². The predicted octanol–water partition coefficient (Wildman–Crippen LogP) is 4.72. The van der Waals surface area contributed by atoms with Gasteiger partial charge in [0.2, 0.25) is 0 Å². The summed E-state index contributed by atoms with van der Waals surface area (Å²) in [5, 5.41) is 3.39. The number of anilines is 1. The van der Waals surface area contributed by atoms with Crippen LogP contribution in [0.1, 0.15) is 11.1 Å². The predicted molar refractivity (Wildman–Crippen MR) is 132 cm³/mol. The summed E-state index contributed by atoms with van der Waals surface area (Å²) in [4.78, 5) is 30.4. The normalized spacial score (nSPS) is 12.4. The second-order valence-corrected chi connectivity index (χ2v) is 8.27. The van der Waals surface area contributed by atoms with Gasteiger partial charge in [-0.3, -0.25) is 4.79 Å². The quantitative estimate of drug-likeness (QED) is 0.425. The number of amides is 2. The lowest BCUT2D eigenvalue weighted by atomic mass is 10.1. The number of aromatic amines is 1. The van der Waals surface area contributed by atoms with E-state index < -0.39 is 11.8 Å². The number of hydrogen-bond donors (Lipinski definition) is 2. The van der Waals surface area contributed by atoms with Crippen LogP contribution in [0.5, 0.6) is 11.5 Å². The number of carbonyl (C=O) groups excluding carboxylic acids is 1. The van der Waals surface area contributed by atoms with E-state index >= 15 is 0 Å². The number of fused-ring (bicyclic) bond motifs is 2. The molecule has 2 heterocycles. The van der Waals surface area contributed by atoms with E-state index in [0.717, 1.165) is 10.9 Å². The van der Waals surface area contributed by atoms with Crippen molar-refractivity contribution in [3.8, 4) is 11.5 Å². The van der Waals surface area contributed by atoms with Crippen LogP contribution in [0.4, 0.5) is 14.9 Å². The summed E-state index contributed by atoms with van der Waals surface area (Å²) in [5.74, 6) is 0.667. The molecule has 35 heavy (non-hydrogen) atoms. The van der Waals surface area contributed by atoms with E-state index in [9.17, 15) is 14.0 Å². The fourth-order valence-electron chi connectivity index (χ4n) is 4.03. The molecular weight excluding hydrogens is 449 g/mol. The van der Waals surface area contributed by atoms with Gasteiger partial charge in [-0.05, 0) is 36.2 Å². The summed E-state index contributed by atoms with van der Waals surface area (Å²) < 4.78 is 25.4. The van der Waals surface area contributed by atoms with Crippen molar-refractivity contribution >= 4 is 22.6 Å². The first kappa shape index (κ1) is 22.5. The summed E-state index contributed by atoms with van der Waals surface area (Å²) in [6.07, 6.45) is 0.579. The van der Waals surface area contributed by atoms with Crippen LogP contribution in [0, 0.1) is 5.82 Å². The molecule has 0 atom stereocenters. The van der Waals surface area contributed by atoms with E-state index in [4.69, 9.17) is 9.47 Å². The second kappa shape index (κ2) is 9.89. The first-order chi connectivity index (χ1) is 17.1. The van der Waals surface area contributed by atoms with Crippen LogP contribution < -0.4 is 20.3 Å². The van der Waals surface area contributed by atoms with Crippen molar-refractivity contribution in [3.63, 3.8) is 0 Å². The monoisotopic (exact) mass is 473 g/mol. The molecule has 2 amide bonds. The number of carbonyl (C=O) groups is 1. The number of H-pyrrole nitrogens is 1. The van der Waals surface area contributed by atoms with Gasteiger partial charge in [-0.1, -0.05) is 42.5 Å². The summed E-state index contributed by atoms with van der Waals surface area (Å²) in [6.45, 7) is 1.29. The Morgan fingerprint density at radius 1 is 0.971 bits per heavy atom. The van der Waals surface area contributed by atoms with Crippen molar-refractivity contribution in [2.75, 3.05) is 25.1 Å². The molecule has 0 fully saturated rings. The van der Waals surface area contributed by atoms with Crippen LogP contribution >= 0.6 is 0 Å². The summed E-state index contributed by atoms with van der Waals surface area (Å²) in [5.41, 5.74) is 1.85. The largest absolute Gasteiger partial charge is 0.486 e. The number of urea groups is 1. The van der Waals surface area contributed by atoms with Gasteiger partial charge in [0.15, 0.2) is 11.5 Å². The van der Waals surface area contributed by atoms with Crippen LogP contribution in [0.2, 0.25) is 0 Å². The molecule has 0 saturated carbocycles. The molecule has 0 saturated heterocycles. The fourth-order valence-corrected chi connectivity index (χ4v) is 4.03. The van der Waals surface area contributed by atoms with Gasteiger partial charge in [-0.25, -0.2) is 9.18 Å². The number of rotatable bonds is 6. The number of nitrogens with zero attached hydrogens (tertiary/aromatic N) is 1. The molecule has 1 aliphatic rings. The van der Waals surface area contributed by atoms with Crippen LogP contribution in [-0.2, 0) is 13.0 Å². The Balaban J connectivity index is 1.43. The maximum atomic E-state index is 14.2. The number of aromatic nitrogens is 1. The van der Waals surface area contributed by atoms with Gasteiger partial charge >= 0.3 is 6.03 Å². The van der Waals surface area contributed by atoms with Gasteiger partial charge in [0.1, 0.15) is 19.0 Å². The van der Waals surface area contributed by atoms with Crippen LogP contribution in [-0.4, -0.2) is 35.7 Å². The first-order valence-electron chi connectivity index (χ1n) is 11.4. The molecule has 7 nitrogen and oxygen atoms in total. The average Bonchev–Trinajstić information content (AvgIpc) is 2.87. The minimum absolute atomic E-state index is 0.0484. The first-order valence-corrected chi connectivity index (χ1v) is 11.4. The maximum Gasteiger partial charge on any atom is 0.322 e. The third-order valence-corrected chi connectivity index (χ3v) is 5.86. The number of para-hydroxylation sites is 1.